The van der Waals surface area contributed by atoms with Crippen molar-refractivity contribution in [3.63, 3.8) is 0 Å². The lowest BCUT2D eigenvalue weighted by molar-refractivity contribution is 0.163. The molecule has 2 rings (SSSR count). The maximum Gasteiger partial charge on any atom is 0.0991 e. The van der Waals surface area contributed by atoms with Gasteiger partial charge in [0.2, 0.25) is 0 Å². The molecule has 1 aromatic carbocycles. The molecule has 1 aliphatic heterocycles. The van der Waals surface area contributed by atoms with Gasteiger partial charge in [-0.1, -0.05) is 12.1 Å². The topological polar surface area (TPSA) is 53.0 Å². The van der Waals surface area contributed by atoms with Gasteiger partial charge in [-0.05, 0) is 56.0 Å². The largest absolute Gasteiger partial charge is 0.330 e. The molecule has 0 bridgehead atoms. The van der Waals surface area contributed by atoms with E-state index >= 15 is 0 Å². The summed E-state index contributed by atoms with van der Waals surface area (Å²) < 4.78 is 0. The summed E-state index contributed by atoms with van der Waals surface area (Å²) in [6.45, 7) is 4.14. The highest BCUT2D eigenvalue weighted by Gasteiger charge is 2.19. The molecule has 0 saturated carbocycles. The molecule has 1 atom stereocenters. The first-order valence-corrected chi connectivity index (χ1v) is 6.73. The molecule has 0 spiro atoms. The van der Waals surface area contributed by atoms with Gasteiger partial charge in [-0.2, -0.15) is 5.26 Å². The molecular weight excluding hydrogens is 222 g/mol. The minimum absolute atomic E-state index is 0.735. The third-order valence-electron chi connectivity index (χ3n) is 3.67. The van der Waals surface area contributed by atoms with Crippen molar-refractivity contribution < 1.29 is 0 Å². The van der Waals surface area contributed by atoms with Crippen LogP contribution < -0.4 is 5.73 Å². The molecule has 2 N–H and O–H groups in total. The van der Waals surface area contributed by atoms with E-state index in [4.69, 9.17) is 11.0 Å². The molecule has 1 heterocycles. The molecule has 1 aromatic rings. The van der Waals surface area contributed by atoms with E-state index in [-0.39, 0.29) is 0 Å². The minimum Gasteiger partial charge on any atom is -0.330 e. The third kappa shape index (κ3) is 3.56. The fourth-order valence-corrected chi connectivity index (χ4v) is 2.71. The van der Waals surface area contributed by atoms with Crippen LogP contribution in [0.2, 0.25) is 0 Å². The Balaban J connectivity index is 1.90. The summed E-state index contributed by atoms with van der Waals surface area (Å²) in [7, 11) is 0. The maximum atomic E-state index is 8.77. The van der Waals surface area contributed by atoms with Gasteiger partial charge in [0, 0.05) is 13.1 Å². The second-order valence-electron chi connectivity index (χ2n) is 5.13. The van der Waals surface area contributed by atoms with Crippen LogP contribution in [0.25, 0.3) is 0 Å². The molecule has 96 valence electrons. The highest BCUT2D eigenvalue weighted by molar-refractivity contribution is 5.31. The Labute approximate surface area is 109 Å². The van der Waals surface area contributed by atoms with Gasteiger partial charge in [-0.3, -0.25) is 4.90 Å². The van der Waals surface area contributed by atoms with E-state index in [0.717, 1.165) is 37.5 Å². The van der Waals surface area contributed by atoms with Gasteiger partial charge < -0.3 is 5.73 Å². The summed E-state index contributed by atoms with van der Waals surface area (Å²) in [5, 5.41) is 8.77. The second-order valence-corrected chi connectivity index (χ2v) is 5.13. The number of rotatable bonds is 4. The SMILES string of the molecule is N#Cc1ccc(CN2CCCC(CCN)C2)cc1. The number of benzene rings is 1. The molecule has 18 heavy (non-hydrogen) atoms. The van der Waals surface area contributed by atoms with Gasteiger partial charge in [-0.25, -0.2) is 0 Å². The van der Waals surface area contributed by atoms with Crippen LogP contribution in [0.15, 0.2) is 24.3 Å². The molecule has 0 radical (unpaired) electrons. The Kier molecular flexibility index (Phi) is 4.74. The summed E-state index contributed by atoms with van der Waals surface area (Å²) in [5.41, 5.74) is 7.67. The van der Waals surface area contributed by atoms with Crippen LogP contribution in [0.1, 0.15) is 30.4 Å². The molecule has 0 aromatic heterocycles. The predicted molar refractivity (Wildman–Crippen MR) is 72.8 cm³/mol. The summed E-state index contributed by atoms with van der Waals surface area (Å²) in [4.78, 5) is 2.51. The van der Waals surface area contributed by atoms with Crippen molar-refractivity contribution in [1.82, 2.24) is 4.90 Å². The van der Waals surface area contributed by atoms with Gasteiger partial charge in [0.25, 0.3) is 0 Å². The van der Waals surface area contributed by atoms with Crippen LogP contribution in [-0.4, -0.2) is 24.5 Å². The van der Waals surface area contributed by atoms with Crippen LogP contribution in [0.5, 0.6) is 0 Å². The Morgan fingerprint density at radius 2 is 2.11 bits per heavy atom. The quantitative estimate of drug-likeness (QED) is 0.881. The van der Waals surface area contributed by atoms with Crippen LogP contribution in [0, 0.1) is 17.2 Å². The van der Waals surface area contributed by atoms with Crippen molar-refractivity contribution in [3.8, 4) is 6.07 Å². The number of piperidine rings is 1. The molecule has 0 amide bonds. The molecule has 1 saturated heterocycles. The normalized spacial score (nSPS) is 20.6. The number of nitrogens with zero attached hydrogens (tertiary/aromatic N) is 2. The highest BCUT2D eigenvalue weighted by Crippen LogP contribution is 2.20. The predicted octanol–water partition coefficient (Wildman–Crippen LogP) is 2.12. The zero-order chi connectivity index (χ0) is 12.8. The Hall–Kier alpha value is -1.37. The van der Waals surface area contributed by atoms with Crippen LogP contribution in [0.3, 0.4) is 0 Å². The average molecular weight is 243 g/mol. The van der Waals surface area contributed by atoms with E-state index in [0.29, 0.717) is 0 Å². The van der Waals surface area contributed by atoms with Crippen LogP contribution >= 0.6 is 0 Å². The fourth-order valence-electron chi connectivity index (χ4n) is 2.71. The number of nitrogens with two attached hydrogens (primary N) is 1. The standard InChI is InChI=1S/C15H21N3/c16-8-7-14-2-1-9-18(11-14)12-15-5-3-13(10-17)4-6-15/h3-6,14H,1-2,7-9,11-12,16H2. The first-order valence-electron chi connectivity index (χ1n) is 6.73. The molecular formula is C15H21N3. The molecule has 1 fully saturated rings. The number of nitriles is 1. The van der Waals surface area contributed by atoms with Gasteiger partial charge in [0.05, 0.1) is 11.6 Å². The number of likely N-dealkylation sites (tertiary alicyclic amines) is 1. The van der Waals surface area contributed by atoms with E-state index in [1.165, 1.54) is 24.9 Å². The fraction of sp³-hybridized carbons (Fsp3) is 0.533. The Bertz CT molecular complexity index is 403. The lowest BCUT2D eigenvalue weighted by atomic mass is 9.94. The van der Waals surface area contributed by atoms with E-state index in [1.54, 1.807) is 0 Å². The maximum absolute atomic E-state index is 8.77. The highest BCUT2D eigenvalue weighted by atomic mass is 15.1. The monoisotopic (exact) mass is 243 g/mol. The van der Waals surface area contributed by atoms with Crippen molar-refractivity contribution in [2.45, 2.75) is 25.8 Å². The summed E-state index contributed by atoms with van der Waals surface area (Å²) in [6.07, 6.45) is 3.74. The molecule has 3 heteroatoms. The smallest absolute Gasteiger partial charge is 0.0991 e. The van der Waals surface area contributed by atoms with Gasteiger partial charge in [0.15, 0.2) is 0 Å². The van der Waals surface area contributed by atoms with Crippen molar-refractivity contribution in [1.29, 1.82) is 5.26 Å². The van der Waals surface area contributed by atoms with E-state index in [2.05, 4.69) is 23.1 Å². The minimum atomic E-state index is 0.735. The number of hydrogen-bond acceptors (Lipinski definition) is 3. The molecule has 1 aliphatic rings. The summed E-state index contributed by atoms with van der Waals surface area (Å²) >= 11 is 0. The van der Waals surface area contributed by atoms with Crippen molar-refractivity contribution in [3.05, 3.63) is 35.4 Å². The third-order valence-corrected chi connectivity index (χ3v) is 3.67. The lowest BCUT2D eigenvalue weighted by Crippen LogP contribution is -2.35. The lowest BCUT2D eigenvalue weighted by Gasteiger charge is -2.32. The summed E-state index contributed by atoms with van der Waals surface area (Å²) in [5.74, 6) is 0.766. The average Bonchev–Trinajstić information content (AvgIpc) is 2.40. The first-order chi connectivity index (χ1) is 8.81. The molecule has 0 aliphatic carbocycles. The van der Waals surface area contributed by atoms with Gasteiger partial charge in [-0.15, -0.1) is 0 Å². The molecule has 1 unspecified atom stereocenters. The number of hydrogen-bond donors (Lipinski definition) is 1. The van der Waals surface area contributed by atoms with E-state index in [1.807, 2.05) is 12.1 Å². The second kappa shape index (κ2) is 6.53. The van der Waals surface area contributed by atoms with Crippen LogP contribution in [0.4, 0.5) is 0 Å². The Morgan fingerprint density at radius 3 is 2.78 bits per heavy atom. The zero-order valence-electron chi connectivity index (χ0n) is 10.8. The van der Waals surface area contributed by atoms with E-state index < -0.39 is 0 Å². The van der Waals surface area contributed by atoms with Crippen LogP contribution in [-0.2, 0) is 6.54 Å². The molecule has 3 nitrogen and oxygen atoms in total. The zero-order valence-corrected chi connectivity index (χ0v) is 10.8. The summed E-state index contributed by atoms with van der Waals surface area (Å²) in [6, 6.07) is 10.1. The van der Waals surface area contributed by atoms with Crippen molar-refractivity contribution in [2.24, 2.45) is 11.7 Å². The Morgan fingerprint density at radius 1 is 1.33 bits per heavy atom. The van der Waals surface area contributed by atoms with Gasteiger partial charge >= 0.3 is 0 Å². The van der Waals surface area contributed by atoms with E-state index in [9.17, 15) is 0 Å². The van der Waals surface area contributed by atoms with Crippen molar-refractivity contribution in [2.75, 3.05) is 19.6 Å². The van der Waals surface area contributed by atoms with Crippen molar-refractivity contribution >= 4 is 0 Å². The first kappa shape index (κ1) is 13.1. The van der Waals surface area contributed by atoms with Gasteiger partial charge in [0.1, 0.15) is 0 Å².